The Morgan fingerprint density at radius 2 is 1.93 bits per heavy atom. The predicted octanol–water partition coefficient (Wildman–Crippen LogP) is 4.35. The second kappa shape index (κ2) is 3.55. The Bertz CT molecular complexity index is 375. The maximum absolute atomic E-state index is 2.32. The van der Waals surface area contributed by atoms with Crippen molar-refractivity contribution < 1.29 is 0 Å². The van der Waals surface area contributed by atoms with E-state index in [0.717, 1.165) is 0 Å². The van der Waals surface area contributed by atoms with Crippen LogP contribution in [0.1, 0.15) is 43.2 Å². The summed E-state index contributed by atoms with van der Waals surface area (Å²) in [5.41, 5.74) is 3.15. The summed E-state index contributed by atoms with van der Waals surface area (Å²) < 4.78 is 0.590. The van der Waals surface area contributed by atoms with E-state index in [2.05, 4.69) is 36.9 Å². The lowest BCUT2D eigenvalue weighted by Gasteiger charge is -2.32. The van der Waals surface area contributed by atoms with Crippen molar-refractivity contribution in [2.75, 3.05) is 0 Å². The number of benzene rings is 1. The Kier molecular flexibility index (Phi) is 2.31. The predicted molar refractivity (Wildman–Crippen MR) is 66.6 cm³/mol. The van der Waals surface area contributed by atoms with Crippen LogP contribution in [0.5, 0.6) is 0 Å². The summed E-state index contributed by atoms with van der Waals surface area (Å²) in [4.78, 5) is 1.57. The minimum absolute atomic E-state index is 0.590. The quantitative estimate of drug-likeness (QED) is 0.624. The largest absolute Gasteiger partial charge is 0.119 e. The summed E-state index contributed by atoms with van der Waals surface area (Å²) >= 11 is 2.17. The van der Waals surface area contributed by atoms with Gasteiger partial charge in [-0.15, -0.1) is 11.8 Å². The van der Waals surface area contributed by atoms with Gasteiger partial charge < -0.3 is 0 Å². The van der Waals surface area contributed by atoms with Crippen LogP contribution >= 0.6 is 11.8 Å². The third-order valence-electron chi connectivity index (χ3n) is 3.96. The number of fused-ring (bicyclic) bond motifs is 1. The summed E-state index contributed by atoms with van der Waals surface area (Å²) in [5.74, 6) is 0. The highest BCUT2D eigenvalue weighted by Crippen LogP contribution is 2.53. The molecule has 3 rings (SSSR count). The van der Waals surface area contributed by atoms with Crippen LogP contribution in [0.3, 0.4) is 0 Å². The average Bonchev–Trinajstić information content (AvgIpc) is 2.59. The number of thioether (sulfide) groups is 1. The van der Waals surface area contributed by atoms with Crippen molar-refractivity contribution in [3.05, 3.63) is 29.3 Å². The van der Waals surface area contributed by atoms with Gasteiger partial charge >= 0.3 is 0 Å². The Labute approximate surface area is 96.5 Å². The van der Waals surface area contributed by atoms with Crippen LogP contribution in [0.2, 0.25) is 0 Å². The van der Waals surface area contributed by atoms with E-state index < -0.39 is 0 Å². The molecule has 1 aliphatic carbocycles. The summed E-state index contributed by atoms with van der Waals surface area (Å²) in [6.45, 7) is 2.27. The molecule has 80 valence electrons. The average molecular weight is 218 g/mol. The van der Waals surface area contributed by atoms with Crippen molar-refractivity contribution in [3.63, 3.8) is 0 Å². The molecule has 1 aromatic carbocycles. The molecule has 1 heteroatoms. The lowest BCUT2D eigenvalue weighted by atomic mass is 9.83. The molecule has 1 aliphatic heterocycles. The molecule has 1 spiro atoms. The molecule has 1 aromatic rings. The minimum Gasteiger partial charge on any atom is -0.119 e. The van der Waals surface area contributed by atoms with Gasteiger partial charge in [-0.05, 0) is 43.4 Å². The van der Waals surface area contributed by atoms with Gasteiger partial charge in [0.15, 0.2) is 0 Å². The van der Waals surface area contributed by atoms with Crippen LogP contribution in [-0.2, 0) is 6.42 Å². The molecule has 1 saturated carbocycles. The van der Waals surface area contributed by atoms with Gasteiger partial charge in [-0.2, -0.15) is 0 Å². The fourth-order valence-corrected chi connectivity index (χ4v) is 4.74. The summed E-state index contributed by atoms with van der Waals surface area (Å²) in [7, 11) is 0. The van der Waals surface area contributed by atoms with E-state index in [-0.39, 0.29) is 0 Å². The zero-order valence-electron chi connectivity index (χ0n) is 9.38. The second-order valence-electron chi connectivity index (χ2n) is 5.07. The molecule has 1 heterocycles. The molecule has 2 aliphatic rings. The van der Waals surface area contributed by atoms with Gasteiger partial charge in [-0.25, -0.2) is 0 Å². The molecule has 0 N–H and O–H groups in total. The van der Waals surface area contributed by atoms with Crippen molar-refractivity contribution in [3.8, 4) is 0 Å². The highest BCUT2D eigenvalue weighted by atomic mass is 32.2. The van der Waals surface area contributed by atoms with E-state index in [1.54, 1.807) is 10.5 Å². The summed E-state index contributed by atoms with van der Waals surface area (Å²) in [6.07, 6.45) is 8.55. The molecule has 0 saturated heterocycles. The summed E-state index contributed by atoms with van der Waals surface area (Å²) in [6, 6.07) is 6.79. The van der Waals surface area contributed by atoms with E-state index in [9.17, 15) is 0 Å². The first-order valence-electron chi connectivity index (χ1n) is 6.07. The Morgan fingerprint density at radius 1 is 1.13 bits per heavy atom. The second-order valence-corrected chi connectivity index (χ2v) is 6.58. The van der Waals surface area contributed by atoms with Crippen LogP contribution in [0.4, 0.5) is 0 Å². The highest BCUT2D eigenvalue weighted by molar-refractivity contribution is 8.01. The van der Waals surface area contributed by atoms with Gasteiger partial charge in [0.05, 0.1) is 0 Å². The zero-order valence-corrected chi connectivity index (χ0v) is 10.2. The van der Waals surface area contributed by atoms with Crippen molar-refractivity contribution >= 4 is 11.8 Å². The van der Waals surface area contributed by atoms with Gasteiger partial charge in [0.25, 0.3) is 0 Å². The van der Waals surface area contributed by atoms with Crippen LogP contribution in [0, 0.1) is 6.92 Å². The van der Waals surface area contributed by atoms with Crippen molar-refractivity contribution in [1.82, 2.24) is 0 Å². The number of rotatable bonds is 0. The van der Waals surface area contributed by atoms with E-state index in [0.29, 0.717) is 4.75 Å². The monoisotopic (exact) mass is 218 g/mol. The van der Waals surface area contributed by atoms with Gasteiger partial charge in [-0.1, -0.05) is 31.4 Å². The van der Waals surface area contributed by atoms with Gasteiger partial charge in [0.2, 0.25) is 0 Å². The van der Waals surface area contributed by atoms with E-state index >= 15 is 0 Å². The number of hydrogen-bond donors (Lipinski definition) is 0. The molecular formula is C14H18S. The van der Waals surface area contributed by atoms with Crippen molar-refractivity contribution in [2.24, 2.45) is 0 Å². The fraction of sp³-hybridized carbons (Fsp3) is 0.571. The molecule has 1 fully saturated rings. The first kappa shape index (κ1) is 9.77. The molecule has 0 aromatic heterocycles. The fourth-order valence-electron chi connectivity index (χ4n) is 3.06. The smallest absolute Gasteiger partial charge is 0.0248 e. The van der Waals surface area contributed by atoms with Gasteiger partial charge in [0, 0.05) is 9.64 Å². The standard InChI is InChI=1S/C14H18S/c1-11-6-5-7-13-12(11)10-14(15-13)8-3-2-4-9-14/h5-7H,2-4,8-10H2,1H3. The number of hydrogen-bond acceptors (Lipinski definition) is 1. The zero-order chi connectivity index (χ0) is 10.3. The molecule has 0 atom stereocenters. The molecule has 0 nitrogen and oxygen atoms in total. The molecule has 0 bridgehead atoms. The van der Waals surface area contributed by atoms with Crippen LogP contribution in [-0.4, -0.2) is 4.75 Å². The van der Waals surface area contributed by atoms with Crippen LogP contribution in [0.25, 0.3) is 0 Å². The van der Waals surface area contributed by atoms with Gasteiger partial charge in [-0.3, -0.25) is 0 Å². The topological polar surface area (TPSA) is 0 Å². The highest BCUT2D eigenvalue weighted by Gasteiger charge is 2.39. The lowest BCUT2D eigenvalue weighted by Crippen LogP contribution is -2.26. The van der Waals surface area contributed by atoms with Crippen molar-refractivity contribution in [1.29, 1.82) is 0 Å². The Hall–Kier alpha value is -0.430. The normalized spacial score (nSPS) is 23.0. The van der Waals surface area contributed by atoms with Crippen LogP contribution in [0.15, 0.2) is 23.1 Å². The first-order valence-corrected chi connectivity index (χ1v) is 6.88. The van der Waals surface area contributed by atoms with Gasteiger partial charge in [0.1, 0.15) is 0 Å². The van der Waals surface area contributed by atoms with E-state index in [1.807, 2.05) is 0 Å². The lowest BCUT2D eigenvalue weighted by molar-refractivity contribution is 0.400. The minimum atomic E-state index is 0.590. The number of aryl methyl sites for hydroxylation is 1. The molecule has 0 amide bonds. The Balaban J connectivity index is 1.94. The first-order chi connectivity index (χ1) is 7.29. The third kappa shape index (κ3) is 1.61. The maximum atomic E-state index is 2.32. The molecule has 0 unspecified atom stereocenters. The summed E-state index contributed by atoms with van der Waals surface area (Å²) in [5, 5.41) is 0. The van der Waals surface area contributed by atoms with E-state index in [4.69, 9.17) is 0 Å². The maximum Gasteiger partial charge on any atom is 0.0248 e. The molecular weight excluding hydrogens is 200 g/mol. The van der Waals surface area contributed by atoms with Crippen LogP contribution < -0.4 is 0 Å². The molecule has 15 heavy (non-hydrogen) atoms. The third-order valence-corrected chi connectivity index (χ3v) is 5.55. The Morgan fingerprint density at radius 3 is 2.67 bits per heavy atom. The SMILES string of the molecule is Cc1cccc2c1CC1(CCCCC1)S2. The van der Waals surface area contributed by atoms with Crippen molar-refractivity contribution in [2.45, 2.75) is 55.1 Å². The molecule has 0 radical (unpaired) electrons. The van der Waals surface area contributed by atoms with E-state index in [1.165, 1.54) is 44.1 Å².